The third kappa shape index (κ3) is 2.59. The molecular formula is C18H18BrFO. The minimum atomic E-state index is -0.182. The Morgan fingerprint density at radius 1 is 1.19 bits per heavy atom. The lowest BCUT2D eigenvalue weighted by molar-refractivity contribution is 0.291. The minimum Gasteiger partial charge on any atom is -0.492 e. The van der Waals surface area contributed by atoms with Crippen molar-refractivity contribution >= 4 is 15.9 Å². The highest BCUT2D eigenvalue weighted by Crippen LogP contribution is 2.42. The van der Waals surface area contributed by atoms with Gasteiger partial charge in [0.15, 0.2) is 0 Å². The van der Waals surface area contributed by atoms with E-state index in [1.54, 1.807) is 6.07 Å². The molecule has 1 aliphatic heterocycles. The molecule has 1 nitrogen and oxygen atoms in total. The maximum Gasteiger partial charge on any atom is 0.127 e. The summed E-state index contributed by atoms with van der Waals surface area (Å²) in [5.74, 6) is 0.756. The average Bonchev–Trinajstić information content (AvgIpc) is 2.76. The Labute approximate surface area is 133 Å². The second kappa shape index (κ2) is 5.13. The van der Waals surface area contributed by atoms with Crippen molar-refractivity contribution in [1.29, 1.82) is 0 Å². The molecule has 1 unspecified atom stereocenters. The first-order chi connectivity index (χ1) is 9.88. The number of fused-ring (bicyclic) bond motifs is 1. The highest BCUT2D eigenvalue weighted by Gasteiger charge is 2.32. The third-order valence-electron chi connectivity index (χ3n) is 4.04. The van der Waals surface area contributed by atoms with Crippen molar-refractivity contribution in [2.45, 2.75) is 31.0 Å². The van der Waals surface area contributed by atoms with Crippen LogP contribution in [0.5, 0.6) is 5.75 Å². The molecule has 3 heteroatoms. The molecule has 0 saturated carbocycles. The molecule has 0 aromatic heterocycles. The van der Waals surface area contributed by atoms with Crippen LogP contribution in [-0.2, 0) is 5.41 Å². The van der Waals surface area contributed by atoms with Gasteiger partial charge in [-0.1, -0.05) is 53.5 Å². The summed E-state index contributed by atoms with van der Waals surface area (Å²) in [6, 6.07) is 11.3. The van der Waals surface area contributed by atoms with E-state index in [0.717, 1.165) is 16.9 Å². The van der Waals surface area contributed by atoms with Crippen molar-refractivity contribution in [3.63, 3.8) is 0 Å². The van der Waals surface area contributed by atoms with E-state index < -0.39 is 0 Å². The van der Waals surface area contributed by atoms with Crippen molar-refractivity contribution in [3.05, 3.63) is 64.5 Å². The lowest BCUT2D eigenvalue weighted by Gasteiger charge is -2.18. The number of halogens is 2. The van der Waals surface area contributed by atoms with Gasteiger partial charge in [0, 0.05) is 16.5 Å². The summed E-state index contributed by atoms with van der Waals surface area (Å²) in [4.78, 5) is -0.154. The fraction of sp³-hybridized carbons (Fsp3) is 0.333. The van der Waals surface area contributed by atoms with Gasteiger partial charge in [0.25, 0.3) is 0 Å². The SMILES string of the molecule is Cc1ccc(F)c(C(Br)c2ccc3c(c2)C(C)(C)CO3)c1. The summed E-state index contributed by atoms with van der Waals surface area (Å²) in [6.45, 7) is 7.00. The van der Waals surface area contributed by atoms with Crippen molar-refractivity contribution in [2.24, 2.45) is 0 Å². The van der Waals surface area contributed by atoms with E-state index in [1.807, 2.05) is 25.1 Å². The van der Waals surface area contributed by atoms with Gasteiger partial charge < -0.3 is 4.74 Å². The molecule has 3 rings (SSSR count). The zero-order valence-corrected chi connectivity index (χ0v) is 14.0. The molecule has 0 fully saturated rings. The quantitative estimate of drug-likeness (QED) is 0.670. The molecule has 1 aliphatic rings. The Kier molecular flexibility index (Phi) is 3.56. The van der Waals surface area contributed by atoms with Gasteiger partial charge in [-0.15, -0.1) is 0 Å². The van der Waals surface area contributed by atoms with Gasteiger partial charge in [-0.05, 0) is 30.7 Å². The van der Waals surface area contributed by atoms with Gasteiger partial charge in [0.2, 0.25) is 0 Å². The molecule has 1 heterocycles. The monoisotopic (exact) mass is 348 g/mol. The number of aryl methyl sites for hydroxylation is 1. The fourth-order valence-corrected chi connectivity index (χ4v) is 3.37. The summed E-state index contributed by atoms with van der Waals surface area (Å²) in [5, 5.41) is 0. The van der Waals surface area contributed by atoms with Crippen LogP contribution in [0.4, 0.5) is 4.39 Å². The molecule has 0 radical (unpaired) electrons. The molecule has 0 N–H and O–H groups in total. The van der Waals surface area contributed by atoms with E-state index in [9.17, 15) is 4.39 Å². The molecule has 0 spiro atoms. The summed E-state index contributed by atoms with van der Waals surface area (Å²) in [5.41, 5.74) is 3.98. The van der Waals surface area contributed by atoms with Crippen LogP contribution in [0.25, 0.3) is 0 Å². The van der Waals surface area contributed by atoms with Crippen LogP contribution in [0.15, 0.2) is 36.4 Å². The molecular weight excluding hydrogens is 331 g/mol. The predicted octanol–water partition coefficient (Wildman–Crippen LogP) is 5.29. The van der Waals surface area contributed by atoms with Crippen LogP contribution in [0, 0.1) is 12.7 Å². The number of benzene rings is 2. The van der Waals surface area contributed by atoms with Gasteiger partial charge in [-0.2, -0.15) is 0 Å². The number of alkyl halides is 1. The minimum absolute atomic E-state index is 0.00319. The molecule has 1 atom stereocenters. The first-order valence-electron chi connectivity index (χ1n) is 7.06. The first-order valence-corrected chi connectivity index (χ1v) is 7.97. The summed E-state index contributed by atoms with van der Waals surface area (Å²) in [6.07, 6.45) is 0. The van der Waals surface area contributed by atoms with Crippen molar-refractivity contribution in [2.75, 3.05) is 6.61 Å². The normalized spacial score (nSPS) is 17.2. The van der Waals surface area contributed by atoms with Crippen LogP contribution in [0.2, 0.25) is 0 Å². The van der Waals surface area contributed by atoms with Gasteiger partial charge >= 0.3 is 0 Å². The molecule has 0 amide bonds. The van der Waals surface area contributed by atoms with Crippen LogP contribution < -0.4 is 4.74 Å². The Hall–Kier alpha value is -1.35. The van der Waals surface area contributed by atoms with Crippen molar-refractivity contribution in [3.8, 4) is 5.75 Å². The van der Waals surface area contributed by atoms with Crippen molar-refractivity contribution in [1.82, 2.24) is 0 Å². The zero-order valence-electron chi connectivity index (χ0n) is 12.4. The number of rotatable bonds is 2. The summed E-state index contributed by atoms with van der Waals surface area (Å²) < 4.78 is 19.8. The topological polar surface area (TPSA) is 9.23 Å². The van der Waals surface area contributed by atoms with Crippen LogP contribution in [-0.4, -0.2) is 6.61 Å². The lowest BCUT2D eigenvalue weighted by Crippen LogP contribution is -2.18. The molecule has 110 valence electrons. The summed E-state index contributed by atoms with van der Waals surface area (Å²) in [7, 11) is 0. The highest BCUT2D eigenvalue weighted by molar-refractivity contribution is 9.09. The number of hydrogen-bond acceptors (Lipinski definition) is 1. The molecule has 2 aromatic carbocycles. The van der Waals surface area contributed by atoms with Gasteiger partial charge in [-0.25, -0.2) is 4.39 Å². The van der Waals surface area contributed by atoms with Gasteiger partial charge in [0.1, 0.15) is 11.6 Å². The predicted molar refractivity (Wildman–Crippen MR) is 86.9 cm³/mol. The molecule has 0 aliphatic carbocycles. The van der Waals surface area contributed by atoms with E-state index >= 15 is 0 Å². The Bertz CT molecular complexity index is 694. The van der Waals surface area contributed by atoms with Crippen LogP contribution in [0.3, 0.4) is 0 Å². The van der Waals surface area contributed by atoms with E-state index in [2.05, 4.69) is 35.8 Å². The van der Waals surface area contributed by atoms with Gasteiger partial charge in [-0.3, -0.25) is 0 Å². The van der Waals surface area contributed by atoms with Gasteiger partial charge in [0.05, 0.1) is 11.4 Å². The molecule has 21 heavy (non-hydrogen) atoms. The molecule has 0 bridgehead atoms. The van der Waals surface area contributed by atoms with E-state index in [1.165, 1.54) is 11.6 Å². The van der Waals surface area contributed by atoms with E-state index in [-0.39, 0.29) is 16.1 Å². The standard InChI is InChI=1S/C18H18BrFO/c1-11-4-6-15(20)13(8-11)17(19)12-5-7-16-14(9-12)18(2,3)10-21-16/h4-9,17H,10H2,1-3H3. The van der Waals surface area contributed by atoms with Crippen LogP contribution >= 0.6 is 15.9 Å². The smallest absolute Gasteiger partial charge is 0.127 e. The largest absolute Gasteiger partial charge is 0.492 e. The molecule has 0 saturated heterocycles. The van der Waals surface area contributed by atoms with Crippen LogP contribution in [0.1, 0.15) is 40.9 Å². The third-order valence-corrected chi connectivity index (χ3v) is 5.06. The average molecular weight is 349 g/mol. The number of hydrogen-bond donors (Lipinski definition) is 0. The Morgan fingerprint density at radius 3 is 2.71 bits per heavy atom. The second-order valence-electron chi connectivity index (χ2n) is 6.32. The number of ether oxygens (including phenoxy) is 1. The lowest BCUT2D eigenvalue weighted by atomic mass is 9.85. The van der Waals surface area contributed by atoms with Crippen molar-refractivity contribution < 1.29 is 9.13 Å². The molecule has 2 aromatic rings. The maximum atomic E-state index is 14.1. The van der Waals surface area contributed by atoms with E-state index in [4.69, 9.17) is 4.74 Å². The Balaban J connectivity index is 2.03. The maximum absolute atomic E-state index is 14.1. The fourth-order valence-electron chi connectivity index (χ4n) is 2.73. The zero-order chi connectivity index (χ0) is 15.2. The Morgan fingerprint density at radius 2 is 1.95 bits per heavy atom. The second-order valence-corrected chi connectivity index (χ2v) is 7.23. The first kappa shape index (κ1) is 14.6. The highest BCUT2D eigenvalue weighted by atomic mass is 79.9. The summed E-state index contributed by atoms with van der Waals surface area (Å²) >= 11 is 3.64. The van der Waals surface area contributed by atoms with E-state index in [0.29, 0.717) is 12.2 Å².